The van der Waals surface area contributed by atoms with Crippen LogP contribution in [0.1, 0.15) is 13.8 Å². The van der Waals surface area contributed by atoms with E-state index in [1.807, 2.05) is 13.8 Å². The summed E-state index contributed by atoms with van der Waals surface area (Å²) in [5, 5.41) is 20.3. The number of hydrogen-bond acceptors (Lipinski definition) is 2. The van der Waals surface area contributed by atoms with Crippen LogP contribution in [-0.4, -0.2) is 17.3 Å². The number of hydrogen-bond donors (Lipinski definition) is 1. The van der Waals surface area contributed by atoms with Crippen molar-refractivity contribution in [3.63, 3.8) is 0 Å². The minimum atomic E-state index is -0.626. The normalized spacial score (nSPS) is 47.6. The Labute approximate surface area is 61.2 Å². The first-order valence-electron chi connectivity index (χ1n) is 3.65. The molecule has 0 spiro atoms. The first-order valence-corrected chi connectivity index (χ1v) is 3.65. The Morgan fingerprint density at radius 3 is 2.30 bits per heavy atom. The van der Waals surface area contributed by atoms with Crippen molar-refractivity contribution in [2.75, 3.05) is 0 Å². The zero-order valence-electron chi connectivity index (χ0n) is 6.32. The molecule has 0 aliphatic heterocycles. The molecule has 2 heteroatoms. The Kier molecular flexibility index (Phi) is 2.11. The van der Waals surface area contributed by atoms with Crippen LogP contribution in [0.2, 0.25) is 0 Å². The van der Waals surface area contributed by atoms with E-state index in [0.29, 0.717) is 0 Å². The summed E-state index contributed by atoms with van der Waals surface area (Å²) < 4.78 is 0. The molecule has 1 aliphatic carbocycles. The molecule has 4 unspecified atom stereocenters. The second-order valence-electron chi connectivity index (χ2n) is 3.06. The lowest BCUT2D eigenvalue weighted by Gasteiger charge is -2.37. The van der Waals surface area contributed by atoms with Gasteiger partial charge >= 0.3 is 0 Å². The average Bonchev–Trinajstić information content (AvgIpc) is 1.93. The standard InChI is InChI=1S/C8H13O2/c1-5-6(2)8(10)4-3-7(5)9/h3-9H,1-2H3/q-1. The van der Waals surface area contributed by atoms with E-state index in [1.165, 1.54) is 0 Å². The summed E-state index contributed by atoms with van der Waals surface area (Å²) in [6.07, 6.45) is 2.11. The summed E-state index contributed by atoms with van der Waals surface area (Å²) in [6, 6.07) is 0. The van der Waals surface area contributed by atoms with Crippen molar-refractivity contribution >= 4 is 0 Å². The van der Waals surface area contributed by atoms with Crippen LogP contribution in [0.15, 0.2) is 12.2 Å². The summed E-state index contributed by atoms with van der Waals surface area (Å²) in [6.45, 7) is 3.79. The van der Waals surface area contributed by atoms with E-state index < -0.39 is 12.2 Å². The quantitative estimate of drug-likeness (QED) is 0.479. The van der Waals surface area contributed by atoms with E-state index in [4.69, 9.17) is 0 Å². The Bertz CT molecular complexity index is 126. The second kappa shape index (κ2) is 2.72. The van der Waals surface area contributed by atoms with Crippen molar-refractivity contribution in [1.82, 2.24) is 0 Å². The highest BCUT2D eigenvalue weighted by Gasteiger charge is 2.22. The Morgan fingerprint density at radius 2 is 1.80 bits per heavy atom. The Morgan fingerprint density at radius 1 is 1.20 bits per heavy atom. The molecule has 0 amide bonds. The molecule has 0 fully saturated rings. The van der Waals surface area contributed by atoms with E-state index in [0.717, 1.165) is 0 Å². The monoisotopic (exact) mass is 141 g/mol. The van der Waals surface area contributed by atoms with Gasteiger partial charge in [0.25, 0.3) is 0 Å². The van der Waals surface area contributed by atoms with Crippen molar-refractivity contribution in [3.05, 3.63) is 12.2 Å². The van der Waals surface area contributed by atoms with Gasteiger partial charge in [-0.1, -0.05) is 26.0 Å². The van der Waals surface area contributed by atoms with Gasteiger partial charge in [-0.2, -0.15) is 0 Å². The van der Waals surface area contributed by atoms with Gasteiger partial charge in [0.1, 0.15) is 0 Å². The van der Waals surface area contributed by atoms with E-state index >= 15 is 0 Å². The van der Waals surface area contributed by atoms with Gasteiger partial charge in [0.15, 0.2) is 0 Å². The SMILES string of the molecule is CC1C([O-])C=CC(O)C1C. The lowest BCUT2D eigenvalue weighted by molar-refractivity contribution is -0.420. The van der Waals surface area contributed by atoms with E-state index in [-0.39, 0.29) is 11.8 Å². The molecule has 4 atom stereocenters. The minimum Gasteiger partial charge on any atom is -0.849 e. The van der Waals surface area contributed by atoms with Gasteiger partial charge in [-0.05, 0) is 11.8 Å². The summed E-state index contributed by atoms with van der Waals surface area (Å²) in [7, 11) is 0. The predicted octanol–water partition coefficient (Wildman–Crippen LogP) is -0.0818. The average molecular weight is 141 g/mol. The van der Waals surface area contributed by atoms with Crippen molar-refractivity contribution in [2.24, 2.45) is 11.8 Å². The van der Waals surface area contributed by atoms with E-state index in [9.17, 15) is 10.2 Å². The van der Waals surface area contributed by atoms with Gasteiger partial charge in [-0.3, -0.25) is 0 Å². The molecule has 0 aromatic carbocycles. The highest BCUT2D eigenvalue weighted by Crippen LogP contribution is 2.23. The summed E-state index contributed by atoms with van der Waals surface area (Å²) in [4.78, 5) is 0. The second-order valence-corrected chi connectivity index (χ2v) is 3.06. The number of aliphatic hydroxyl groups is 1. The van der Waals surface area contributed by atoms with Crippen LogP contribution in [0.25, 0.3) is 0 Å². The molecule has 2 nitrogen and oxygen atoms in total. The topological polar surface area (TPSA) is 43.3 Å². The van der Waals surface area contributed by atoms with Gasteiger partial charge in [0.2, 0.25) is 0 Å². The van der Waals surface area contributed by atoms with Gasteiger partial charge < -0.3 is 10.2 Å². The molecular weight excluding hydrogens is 128 g/mol. The van der Waals surface area contributed by atoms with Crippen molar-refractivity contribution in [2.45, 2.75) is 26.1 Å². The van der Waals surface area contributed by atoms with Gasteiger partial charge in [-0.15, -0.1) is 6.10 Å². The largest absolute Gasteiger partial charge is 0.849 e. The molecule has 58 valence electrons. The molecule has 10 heavy (non-hydrogen) atoms. The molecule has 1 N–H and O–H groups in total. The third-order valence-electron chi connectivity index (χ3n) is 2.38. The summed E-state index contributed by atoms with van der Waals surface area (Å²) in [5.41, 5.74) is 0. The van der Waals surface area contributed by atoms with Gasteiger partial charge in [-0.25, -0.2) is 0 Å². The lowest BCUT2D eigenvalue weighted by Crippen LogP contribution is -2.41. The third kappa shape index (κ3) is 1.22. The van der Waals surface area contributed by atoms with Gasteiger partial charge in [0, 0.05) is 0 Å². The van der Waals surface area contributed by atoms with Crippen LogP contribution >= 0.6 is 0 Å². The highest BCUT2D eigenvalue weighted by molar-refractivity contribution is 5.03. The molecule has 0 aromatic rings. The molecule has 0 radical (unpaired) electrons. The summed E-state index contributed by atoms with van der Waals surface area (Å²) >= 11 is 0. The van der Waals surface area contributed by atoms with Crippen LogP contribution in [0.3, 0.4) is 0 Å². The Balaban J connectivity index is 2.69. The van der Waals surface area contributed by atoms with Crippen LogP contribution < -0.4 is 5.11 Å². The highest BCUT2D eigenvalue weighted by atomic mass is 16.3. The lowest BCUT2D eigenvalue weighted by atomic mass is 9.82. The van der Waals surface area contributed by atoms with Crippen molar-refractivity contribution < 1.29 is 10.2 Å². The molecule has 0 bridgehead atoms. The maximum atomic E-state index is 11.0. The molecule has 0 saturated heterocycles. The molecule has 1 aliphatic rings. The first-order chi connectivity index (χ1) is 4.63. The van der Waals surface area contributed by atoms with Crippen molar-refractivity contribution in [1.29, 1.82) is 0 Å². The van der Waals surface area contributed by atoms with E-state index in [1.54, 1.807) is 12.2 Å². The Hall–Kier alpha value is -0.340. The zero-order valence-corrected chi connectivity index (χ0v) is 6.32. The fraction of sp³-hybridized carbons (Fsp3) is 0.750. The third-order valence-corrected chi connectivity index (χ3v) is 2.38. The van der Waals surface area contributed by atoms with Gasteiger partial charge in [0.05, 0.1) is 6.10 Å². The maximum Gasteiger partial charge on any atom is 0.0748 e. The molecule has 0 saturated carbocycles. The molecular formula is C8H13O2-. The van der Waals surface area contributed by atoms with Crippen LogP contribution in [0.5, 0.6) is 0 Å². The van der Waals surface area contributed by atoms with Crippen molar-refractivity contribution in [3.8, 4) is 0 Å². The fourth-order valence-corrected chi connectivity index (χ4v) is 1.18. The summed E-state index contributed by atoms with van der Waals surface area (Å²) in [5.74, 6) is 0.160. The zero-order chi connectivity index (χ0) is 7.72. The number of aliphatic hydroxyl groups excluding tert-OH is 1. The fourth-order valence-electron chi connectivity index (χ4n) is 1.18. The number of rotatable bonds is 0. The van der Waals surface area contributed by atoms with E-state index in [2.05, 4.69) is 0 Å². The molecule has 0 heterocycles. The molecule has 1 rings (SSSR count). The van der Waals surface area contributed by atoms with Crippen LogP contribution in [0.4, 0.5) is 0 Å². The first kappa shape index (κ1) is 7.76. The smallest absolute Gasteiger partial charge is 0.0748 e. The minimum absolute atomic E-state index is 0.0556. The van der Waals surface area contributed by atoms with Crippen LogP contribution in [0, 0.1) is 11.8 Å². The van der Waals surface area contributed by atoms with Crippen LogP contribution in [-0.2, 0) is 0 Å². The predicted molar refractivity (Wildman–Crippen MR) is 37.3 cm³/mol. The maximum absolute atomic E-state index is 11.0. The molecule has 0 aromatic heterocycles.